The summed E-state index contributed by atoms with van der Waals surface area (Å²) in [6, 6.07) is 11.6. The second kappa shape index (κ2) is 11.2. The number of hydrogen-bond donors (Lipinski definition) is 0. The first kappa shape index (κ1) is 33.2. The van der Waals surface area contributed by atoms with Gasteiger partial charge in [0, 0.05) is 0 Å². The van der Waals surface area contributed by atoms with Gasteiger partial charge in [-0.15, -0.1) is 27.3 Å². The van der Waals surface area contributed by atoms with E-state index in [9.17, 15) is 0 Å². The van der Waals surface area contributed by atoms with Crippen LogP contribution in [0.25, 0.3) is 43.8 Å². The van der Waals surface area contributed by atoms with Crippen molar-refractivity contribution in [1.82, 2.24) is 0 Å². The molecule has 5 aromatic rings. The van der Waals surface area contributed by atoms with Crippen molar-refractivity contribution in [2.24, 2.45) is 0 Å². The average Bonchev–Trinajstić information content (AvgIpc) is 3.22. The Hall–Kier alpha value is -2.68. The summed E-state index contributed by atoms with van der Waals surface area (Å²) in [5.74, 6) is 0. The first-order valence-electron chi connectivity index (χ1n) is 14.6. The van der Waals surface area contributed by atoms with Crippen LogP contribution in [0.1, 0.15) is 27.7 Å². The molecule has 0 amide bonds. The summed E-state index contributed by atoms with van der Waals surface area (Å²) in [6.45, 7) is 7.82. The lowest BCUT2D eigenvalue weighted by molar-refractivity contribution is 0.00578. The van der Waals surface area contributed by atoms with Crippen molar-refractivity contribution in [3.8, 4) is 22.3 Å². The third-order valence-electron chi connectivity index (χ3n) is 9.63. The Kier molecular flexibility index (Phi) is 8.09. The van der Waals surface area contributed by atoms with Crippen LogP contribution in [-0.4, -0.2) is 105 Å². The average molecular weight is 564 g/mol. The van der Waals surface area contributed by atoms with Crippen LogP contribution >= 0.6 is 0 Å². The molecule has 6 rings (SSSR count). The molecule has 0 atom stereocenters. The van der Waals surface area contributed by atoms with Gasteiger partial charge >= 0.3 is 7.12 Å². The lowest BCUT2D eigenvalue weighted by Crippen LogP contribution is -2.60. The molecule has 5 aromatic carbocycles. The molecule has 194 valence electrons. The SMILES string of the molecule is [B]c1c([B])c([B])c(-c2ccc3cc(-c4c([B])c([B])c5c([B])c([B])c([B])c([B])c5c4[B])ccc3c2)c(B2OC(C)(C)C(C)(C)O2)c1[B]. The van der Waals surface area contributed by atoms with Crippen molar-refractivity contribution >= 4 is 181 Å². The van der Waals surface area contributed by atoms with Crippen LogP contribution in [-0.2, 0) is 9.31 Å². The van der Waals surface area contributed by atoms with Crippen molar-refractivity contribution in [3.05, 3.63) is 36.4 Å². The molecule has 1 saturated heterocycles. The molecule has 1 aliphatic heterocycles. The molecule has 1 aliphatic rings. The van der Waals surface area contributed by atoms with Gasteiger partial charge in [0.2, 0.25) is 0 Å². The Morgan fingerprint density at radius 2 is 0.804 bits per heavy atom. The van der Waals surface area contributed by atoms with Gasteiger partial charge in [-0.1, -0.05) is 57.0 Å². The summed E-state index contributed by atoms with van der Waals surface area (Å²) in [5, 5.41) is 2.51. The zero-order valence-corrected chi connectivity index (χ0v) is 26.2. The standard InChI is InChI=1S/C32H18B12O2/c1-31(2)32(3,4)46-44(45-31)30-16(21(35)25(39)28(42)29(30)43)14-8-6-11-9-13(7-5-12(11)10-14)15-19(33)17-18(22(36)20(15)34)24(38)27(41)26(40)23(17)37/h5-10H,1-4H3. The van der Waals surface area contributed by atoms with E-state index in [1.807, 2.05) is 64.1 Å². The summed E-state index contributed by atoms with van der Waals surface area (Å²) >= 11 is 0. The molecule has 1 fully saturated rings. The van der Waals surface area contributed by atoms with Crippen LogP contribution in [0.4, 0.5) is 0 Å². The molecule has 0 N–H and O–H groups in total. The van der Waals surface area contributed by atoms with Gasteiger partial charge in [0.15, 0.2) is 0 Å². The van der Waals surface area contributed by atoms with Gasteiger partial charge in [0.25, 0.3) is 0 Å². The Balaban J connectivity index is 1.53. The summed E-state index contributed by atoms with van der Waals surface area (Å²) < 4.78 is 12.7. The molecule has 0 aliphatic carbocycles. The molecule has 0 bridgehead atoms. The maximum absolute atomic E-state index is 6.69. The van der Waals surface area contributed by atoms with Gasteiger partial charge in [0.1, 0.15) is 86.3 Å². The van der Waals surface area contributed by atoms with Crippen molar-refractivity contribution in [1.29, 1.82) is 0 Å². The number of rotatable bonds is 3. The maximum Gasteiger partial charge on any atom is 0.494 e. The molecule has 46 heavy (non-hydrogen) atoms. The van der Waals surface area contributed by atoms with E-state index >= 15 is 0 Å². The maximum atomic E-state index is 6.69. The minimum absolute atomic E-state index is 0.122. The summed E-state index contributed by atoms with van der Waals surface area (Å²) in [6.07, 6.45) is 0. The third-order valence-corrected chi connectivity index (χ3v) is 9.63. The van der Waals surface area contributed by atoms with E-state index in [1.54, 1.807) is 0 Å². The number of benzene rings is 5. The molecule has 14 heteroatoms. The zero-order valence-electron chi connectivity index (χ0n) is 26.2. The topological polar surface area (TPSA) is 18.5 Å². The van der Waals surface area contributed by atoms with Gasteiger partial charge in [0.05, 0.1) is 11.2 Å². The minimum atomic E-state index is -0.835. The first-order chi connectivity index (χ1) is 21.4. The molecule has 0 saturated carbocycles. The Bertz CT molecular complexity index is 2130. The van der Waals surface area contributed by atoms with Crippen LogP contribution in [0, 0.1) is 0 Å². The second-order valence-corrected chi connectivity index (χ2v) is 12.8. The molecule has 0 spiro atoms. The van der Waals surface area contributed by atoms with Crippen LogP contribution in [0.3, 0.4) is 0 Å². The van der Waals surface area contributed by atoms with Gasteiger partial charge in [-0.25, -0.2) is 0 Å². The highest BCUT2D eigenvalue weighted by Crippen LogP contribution is 2.37. The molecular weight excluding hydrogens is 546 g/mol. The third kappa shape index (κ3) is 4.80. The summed E-state index contributed by atoms with van der Waals surface area (Å²) in [4.78, 5) is 0. The molecule has 2 nitrogen and oxygen atoms in total. The highest BCUT2D eigenvalue weighted by atomic mass is 16.7. The monoisotopic (exact) mass is 566 g/mol. The predicted octanol–water partition coefficient (Wildman–Crippen LogP) is -5.64. The van der Waals surface area contributed by atoms with Crippen LogP contribution in [0.15, 0.2) is 36.4 Å². The highest BCUT2D eigenvalue weighted by molar-refractivity contribution is 6.76. The summed E-state index contributed by atoms with van der Waals surface area (Å²) in [7, 11) is 69.6. The fourth-order valence-corrected chi connectivity index (χ4v) is 6.16. The smallest absolute Gasteiger partial charge is 0.399 e. The van der Waals surface area contributed by atoms with Crippen molar-refractivity contribution < 1.29 is 9.31 Å². The molecule has 22 radical (unpaired) electrons. The fraction of sp³-hybridized carbons (Fsp3) is 0.188. The Morgan fingerprint density at radius 3 is 1.30 bits per heavy atom. The normalized spacial score (nSPS) is 15.6. The molecular formula is C32H18B12O2. The van der Waals surface area contributed by atoms with E-state index in [2.05, 4.69) is 0 Å². The van der Waals surface area contributed by atoms with Crippen molar-refractivity contribution in [2.45, 2.75) is 38.9 Å². The molecule has 0 aromatic heterocycles. The second-order valence-electron chi connectivity index (χ2n) is 12.8. The van der Waals surface area contributed by atoms with E-state index in [0.717, 1.165) is 16.3 Å². The van der Waals surface area contributed by atoms with E-state index in [-0.39, 0.29) is 60.1 Å². The van der Waals surface area contributed by atoms with Crippen LogP contribution in [0.2, 0.25) is 0 Å². The van der Waals surface area contributed by atoms with Gasteiger partial charge in [-0.3, -0.25) is 0 Å². The Morgan fingerprint density at radius 1 is 0.435 bits per heavy atom. The zero-order chi connectivity index (χ0) is 33.8. The first-order valence-corrected chi connectivity index (χ1v) is 14.6. The van der Waals surface area contributed by atoms with Gasteiger partial charge in [-0.2, -0.15) is 0 Å². The minimum Gasteiger partial charge on any atom is -0.399 e. The quantitative estimate of drug-likeness (QED) is 0.204. The van der Waals surface area contributed by atoms with Crippen molar-refractivity contribution in [3.63, 3.8) is 0 Å². The van der Waals surface area contributed by atoms with Crippen molar-refractivity contribution in [2.75, 3.05) is 0 Å². The van der Waals surface area contributed by atoms with Crippen LogP contribution in [0.5, 0.6) is 0 Å². The largest absolute Gasteiger partial charge is 0.494 e. The fourth-order valence-electron chi connectivity index (χ4n) is 6.16. The van der Waals surface area contributed by atoms with E-state index in [0.29, 0.717) is 32.9 Å². The van der Waals surface area contributed by atoms with E-state index < -0.39 is 18.3 Å². The van der Waals surface area contributed by atoms with Gasteiger partial charge in [-0.05, 0) is 89.1 Å². The molecule has 1 heterocycles. The lowest BCUT2D eigenvalue weighted by atomic mass is 9.56. The Labute approximate surface area is 286 Å². The number of fused-ring (bicyclic) bond motifs is 2. The number of hydrogen-bond acceptors (Lipinski definition) is 2. The highest BCUT2D eigenvalue weighted by Gasteiger charge is 2.52. The van der Waals surface area contributed by atoms with E-state index in [4.69, 9.17) is 95.6 Å². The van der Waals surface area contributed by atoms with E-state index in [1.165, 1.54) is 0 Å². The molecule has 0 unspecified atom stereocenters. The predicted molar refractivity (Wildman–Crippen MR) is 207 cm³/mol. The summed E-state index contributed by atoms with van der Waals surface area (Å²) in [5.41, 5.74) is 3.97. The lowest BCUT2D eigenvalue weighted by Gasteiger charge is -2.32. The van der Waals surface area contributed by atoms with Gasteiger partial charge < -0.3 is 9.31 Å². The van der Waals surface area contributed by atoms with Crippen LogP contribution < -0.4 is 65.6 Å².